The first kappa shape index (κ1) is 18.4. The van der Waals surface area contributed by atoms with E-state index >= 15 is 0 Å². The summed E-state index contributed by atoms with van der Waals surface area (Å²) < 4.78 is 1.16. The molecule has 0 bridgehead atoms. The molecule has 0 amide bonds. The highest BCUT2D eigenvalue weighted by atomic mass is 32.1. The molecule has 5 aromatic rings. The van der Waals surface area contributed by atoms with Crippen molar-refractivity contribution in [3.05, 3.63) is 77.8 Å². The van der Waals surface area contributed by atoms with Crippen LogP contribution in [0, 0.1) is 6.92 Å². The van der Waals surface area contributed by atoms with Crippen molar-refractivity contribution in [1.29, 1.82) is 0 Å². The fraction of sp³-hybridized carbons (Fsp3) is 0.130. The molecule has 0 radical (unpaired) electrons. The normalized spacial score (nSPS) is 12.2. The topological polar surface area (TPSA) is 79.4 Å². The summed E-state index contributed by atoms with van der Waals surface area (Å²) in [4.78, 5) is 13.6. The number of fused-ring (bicyclic) bond motifs is 1. The van der Waals surface area contributed by atoms with Gasteiger partial charge in [0.1, 0.15) is 11.6 Å². The smallest absolute Gasteiger partial charge is 0.130 e. The van der Waals surface area contributed by atoms with E-state index in [9.17, 15) is 0 Å². The predicted molar refractivity (Wildman–Crippen MR) is 121 cm³/mol. The molecule has 0 aliphatic heterocycles. The summed E-state index contributed by atoms with van der Waals surface area (Å²) in [6.07, 6.45) is 3.73. The molecule has 30 heavy (non-hydrogen) atoms. The van der Waals surface area contributed by atoms with Crippen molar-refractivity contribution in [2.45, 2.75) is 19.9 Å². The molecule has 7 heteroatoms. The van der Waals surface area contributed by atoms with Gasteiger partial charge in [0.05, 0.1) is 27.6 Å². The zero-order chi connectivity index (χ0) is 20.5. The Kier molecular flexibility index (Phi) is 4.72. The first-order valence-electron chi connectivity index (χ1n) is 9.71. The average molecular weight is 413 g/mol. The molecule has 0 aliphatic carbocycles. The monoisotopic (exact) mass is 412 g/mol. The van der Waals surface area contributed by atoms with Crippen molar-refractivity contribution >= 4 is 27.4 Å². The van der Waals surface area contributed by atoms with E-state index in [2.05, 4.69) is 73.8 Å². The van der Waals surface area contributed by atoms with Crippen LogP contribution in [0.4, 0.5) is 5.82 Å². The summed E-state index contributed by atoms with van der Waals surface area (Å²) in [7, 11) is 0. The molecule has 148 valence electrons. The molecule has 0 saturated carbocycles. The van der Waals surface area contributed by atoms with Gasteiger partial charge in [0, 0.05) is 29.4 Å². The minimum absolute atomic E-state index is 0.0861. The van der Waals surface area contributed by atoms with Crippen LogP contribution in [0.1, 0.15) is 24.4 Å². The van der Waals surface area contributed by atoms with Gasteiger partial charge in [-0.25, -0.2) is 15.0 Å². The van der Waals surface area contributed by atoms with Crippen LogP contribution >= 0.6 is 11.3 Å². The zero-order valence-electron chi connectivity index (χ0n) is 16.6. The molecule has 0 aliphatic rings. The fourth-order valence-corrected chi connectivity index (χ4v) is 4.22. The Morgan fingerprint density at radius 2 is 1.93 bits per heavy atom. The summed E-state index contributed by atoms with van der Waals surface area (Å²) in [5.74, 6) is 1.54. The van der Waals surface area contributed by atoms with E-state index in [1.165, 1.54) is 5.56 Å². The second-order valence-corrected chi connectivity index (χ2v) is 8.09. The number of hydrogen-bond donors (Lipinski definition) is 2. The van der Waals surface area contributed by atoms with Crippen molar-refractivity contribution in [2.75, 3.05) is 5.32 Å². The highest BCUT2D eigenvalue weighted by Gasteiger charge is 2.11. The number of nitrogens with one attached hydrogen (secondary N) is 2. The van der Waals surface area contributed by atoms with Gasteiger partial charge in [0.25, 0.3) is 0 Å². The van der Waals surface area contributed by atoms with E-state index in [0.29, 0.717) is 0 Å². The number of rotatable bonds is 5. The van der Waals surface area contributed by atoms with Gasteiger partial charge >= 0.3 is 0 Å². The molecular weight excluding hydrogens is 392 g/mol. The van der Waals surface area contributed by atoms with E-state index in [-0.39, 0.29) is 6.04 Å². The molecule has 3 aromatic heterocycles. The van der Waals surface area contributed by atoms with Gasteiger partial charge in [-0.3, -0.25) is 5.10 Å². The molecule has 3 heterocycles. The zero-order valence-corrected chi connectivity index (χ0v) is 17.4. The van der Waals surface area contributed by atoms with Gasteiger partial charge < -0.3 is 5.32 Å². The Hall–Kier alpha value is -3.58. The third kappa shape index (κ3) is 3.67. The number of benzene rings is 2. The predicted octanol–water partition coefficient (Wildman–Crippen LogP) is 5.62. The molecule has 0 spiro atoms. The van der Waals surface area contributed by atoms with Crippen LogP contribution in [0.15, 0.2) is 66.4 Å². The lowest BCUT2D eigenvalue weighted by molar-refractivity contribution is 0.868. The number of nitrogens with zero attached hydrogens (tertiary/aromatic N) is 4. The minimum Gasteiger partial charge on any atom is -0.363 e. The lowest BCUT2D eigenvalue weighted by Gasteiger charge is -2.17. The van der Waals surface area contributed by atoms with E-state index < -0.39 is 0 Å². The summed E-state index contributed by atoms with van der Waals surface area (Å²) in [6.45, 7) is 4.05. The molecule has 2 aromatic carbocycles. The number of aromatic amines is 1. The van der Waals surface area contributed by atoms with Crippen molar-refractivity contribution in [3.63, 3.8) is 0 Å². The van der Waals surface area contributed by atoms with Gasteiger partial charge in [-0.2, -0.15) is 5.10 Å². The Morgan fingerprint density at radius 1 is 1.00 bits per heavy atom. The summed E-state index contributed by atoms with van der Waals surface area (Å²) >= 11 is 1.64. The number of anilines is 1. The van der Waals surface area contributed by atoms with Crippen LogP contribution in [0.5, 0.6) is 0 Å². The van der Waals surface area contributed by atoms with E-state index in [0.717, 1.165) is 44.2 Å². The lowest BCUT2D eigenvalue weighted by Crippen LogP contribution is -2.09. The Labute approximate surface area is 178 Å². The maximum atomic E-state index is 4.65. The maximum Gasteiger partial charge on any atom is 0.130 e. The van der Waals surface area contributed by atoms with Crippen molar-refractivity contribution < 1.29 is 0 Å². The van der Waals surface area contributed by atoms with E-state index in [4.69, 9.17) is 0 Å². The molecule has 0 fully saturated rings. The average Bonchev–Trinajstić information content (AvgIpc) is 3.45. The molecule has 2 N–H and O–H groups in total. The Balaban J connectivity index is 1.43. The summed E-state index contributed by atoms with van der Waals surface area (Å²) in [6, 6.07) is 16.8. The van der Waals surface area contributed by atoms with Crippen LogP contribution in [-0.2, 0) is 0 Å². The minimum atomic E-state index is 0.0861. The number of aromatic nitrogens is 5. The van der Waals surface area contributed by atoms with Gasteiger partial charge in [-0.15, -0.1) is 11.3 Å². The number of thiazole rings is 1. The number of H-pyrrole nitrogens is 1. The Bertz CT molecular complexity index is 1310. The van der Waals surface area contributed by atoms with Crippen LogP contribution in [-0.4, -0.2) is 25.1 Å². The molecule has 0 saturated heterocycles. The van der Waals surface area contributed by atoms with Crippen LogP contribution in [0.25, 0.3) is 32.6 Å². The lowest BCUT2D eigenvalue weighted by atomic mass is 10.0. The van der Waals surface area contributed by atoms with Gasteiger partial charge in [0.15, 0.2) is 0 Å². The second kappa shape index (κ2) is 7.68. The number of aryl methyl sites for hydroxylation is 1. The summed E-state index contributed by atoms with van der Waals surface area (Å²) in [5, 5.41) is 10.4. The first-order valence-corrected chi connectivity index (χ1v) is 10.6. The first-order chi connectivity index (χ1) is 14.7. The maximum absolute atomic E-state index is 4.65. The standard InChI is InChI=1S/C23H20N6S/c1-14(16-4-3-5-17(8-16)19-11-25-26-12-19)27-23-10-21(28-15(2)29-23)18-6-7-20-22(9-18)30-13-24-20/h3-14H,1-2H3,(H,25,26)(H,27,28,29)/t14-/m0/s1. The second-order valence-electron chi connectivity index (χ2n) is 7.20. The molecular formula is C23H20N6S. The van der Waals surface area contributed by atoms with Gasteiger partial charge in [-0.1, -0.05) is 24.3 Å². The van der Waals surface area contributed by atoms with Crippen LogP contribution in [0.3, 0.4) is 0 Å². The van der Waals surface area contributed by atoms with Gasteiger partial charge in [-0.05, 0) is 43.2 Å². The van der Waals surface area contributed by atoms with E-state index in [1.807, 2.05) is 37.0 Å². The summed E-state index contributed by atoms with van der Waals surface area (Å²) in [5.41, 5.74) is 8.23. The highest BCUT2D eigenvalue weighted by molar-refractivity contribution is 7.16. The van der Waals surface area contributed by atoms with Crippen LogP contribution in [0.2, 0.25) is 0 Å². The van der Waals surface area contributed by atoms with Gasteiger partial charge in [0.2, 0.25) is 0 Å². The van der Waals surface area contributed by atoms with Crippen molar-refractivity contribution in [1.82, 2.24) is 25.1 Å². The fourth-order valence-electron chi connectivity index (χ4n) is 3.51. The highest BCUT2D eigenvalue weighted by Crippen LogP contribution is 2.28. The van der Waals surface area contributed by atoms with Crippen molar-refractivity contribution in [2.24, 2.45) is 0 Å². The SMILES string of the molecule is Cc1nc(N[C@@H](C)c2cccc(-c3cn[nH]c3)c2)cc(-c2ccc3ncsc3c2)n1. The van der Waals surface area contributed by atoms with E-state index in [1.54, 1.807) is 11.3 Å². The molecule has 6 nitrogen and oxygen atoms in total. The molecule has 1 atom stereocenters. The Morgan fingerprint density at radius 3 is 2.80 bits per heavy atom. The largest absolute Gasteiger partial charge is 0.363 e. The third-order valence-electron chi connectivity index (χ3n) is 5.05. The number of hydrogen-bond acceptors (Lipinski definition) is 6. The molecule has 5 rings (SSSR count). The van der Waals surface area contributed by atoms with Crippen LogP contribution < -0.4 is 5.32 Å². The molecule has 0 unspecified atom stereocenters. The third-order valence-corrected chi connectivity index (χ3v) is 5.84. The van der Waals surface area contributed by atoms with Crippen molar-refractivity contribution in [3.8, 4) is 22.4 Å². The quantitative estimate of drug-likeness (QED) is 0.391.